The smallest absolute Gasteiger partial charge is 0.416 e. The molecular formula is C21H23F3N2O3. The van der Waals surface area contributed by atoms with E-state index in [1.165, 1.54) is 11.0 Å². The highest BCUT2D eigenvalue weighted by molar-refractivity contribution is 5.65. The van der Waals surface area contributed by atoms with Crippen LogP contribution < -0.4 is 5.73 Å². The lowest BCUT2D eigenvalue weighted by Gasteiger charge is -2.41. The summed E-state index contributed by atoms with van der Waals surface area (Å²) in [5.41, 5.74) is 5.84. The van der Waals surface area contributed by atoms with Gasteiger partial charge in [0.15, 0.2) is 0 Å². The molecule has 1 aliphatic heterocycles. The normalized spacial score (nSPS) is 16.6. The standard InChI is InChI=1S/C21H23F3N2O3/c22-21(23,24)17-10-15(11-18(25)12-17)13-29-14-20(16-4-2-1-3-5-16)6-8-26(9-7-20)19(27)28/h1-5,10-12H,6-9,13-14,25H2,(H,27,28). The Morgan fingerprint density at radius 2 is 1.79 bits per heavy atom. The maximum absolute atomic E-state index is 13.0. The van der Waals surface area contributed by atoms with Gasteiger partial charge in [-0.25, -0.2) is 4.79 Å². The van der Waals surface area contributed by atoms with Crippen molar-refractivity contribution in [1.82, 2.24) is 4.90 Å². The summed E-state index contributed by atoms with van der Waals surface area (Å²) < 4.78 is 44.8. The fourth-order valence-corrected chi connectivity index (χ4v) is 3.76. The van der Waals surface area contributed by atoms with Crippen molar-refractivity contribution >= 4 is 11.8 Å². The molecule has 1 aliphatic rings. The van der Waals surface area contributed by atoms with Gasteiger partial charge in [0.05, 0.1) is 18.8 Å². The zero-order valence-corrected chi connectivity index (χ0v) is 15.8. The van der Waals surface area contributed by atoms with Crippen LogP contribution in [0.1, 0.15) is 29.5 Å². The monoisotopic (exact) mass is 408 g/mol. The van der Waals surface area contributed by atoms with Crippen LogP contribution in [0.15, 0.2) is 48.5 Å². The molecule has 29 heavy (non-hydrogen) atoms. The number of rotatable bonds is 5. The summed E-state index contributed by atoms with van der Waals surface area (Å²) in [6.07, 6.45) is -4.27. The number of halogens is 3. The number of benzene rings is 2. The van der Waals surface area contributed by atoms with E-state index in [4.69, 9.17) is 10.5 Å². The fraction of sp³-hybridized carbons (Fsp3) is 0.381. The summed E-state index contributed by atoms with van der Waals surface area (Å²) >= 11 is 0. The van der Waals surface area contributed by atoms with Crippen molar-refractivity contribution in [2.24, 2.45) is 0 Å². The number of anilines is 1. The molecule has 0 spiro atoms. The highest BCUT2D eigenvalue weighted by Crippen LogP contribution is 2.36. The lowest BCUT2D eigenvalue weighted by molar-refractivity contribution is -0.137. The molecule has 0 unspecified atom stereocenters. The quantitative estimate of drug-likeness (QED) is 0.714. The minimum atomic E-state index is -4.47. The van der Waals surface area contributed by atoms with Crippen molar-refractivity contribution in [3.05, 3.63) is 65.2 Å². The highest BCUT2D eigenvalue weighted by Gasteiger charge is 2.38. The molecule has 3 N–H and O–H groups in total. The largest absolute Gasteiger partial charge is 0.465 e. The number of nitrogens with two attached hydrogens (primary N) is 1. The SMILES string of the molecule is Nc1cc(COCC2(c3ccccc3)CCN(C(=O)O)CC2)cc(C(F)(F)F)c1. The summed E-state index contributed by atoms with van der Waals surface area (Å²) in [5, 5.41) is 9.21. The van der Waals surface area contributed by atoms with Crippen LogP contribution in [0.3, 0.4) is 0 Å². The number of likely N-dealkylation sites (tertiary alicyclic amines) is 1. The number of hydrogen-bond donors (Lipinski definition) is 2. The molecule has 5 nitrogen and oxygen atoms in total. The number of carboxylic acid groups (broad SMARTS) is 1. The van der Waals surface area contributed by atoms with Gasteiger partial charge in [-0.2, -0.15) is 13.2 Å². The van der Waals surface area contributed by atoms with Gasteiger partial charge in [-0.05, 0) is 42.2 Å². The minimum absolute atomic E-state index is 0.00858. The maximum atomic E-state index is 13.0. The Balaban J connectivity index is 1.74. The van der Waals surface area contributed by atoms with Gasteiger partial charge < -0.3 is 20.5 Å². The predicted octanol–water partition coefficient (Wildman–Crippen LogP) is 4.52. The molecule has 0 aromatic heterocycles. The zero-order valence-electron chi connectivity index (χ0n) is 15.8. The Morgan fingerprint density at radius 1 is 1.14 bits per heavy atom. The number of ether oxygens (including phenoxy) is 1. The topological polar surface area (TPSA) is 75.8 Å². The van der Waals surface area contributed by atoms with E-state index in [2.05, 4.69) is 0 Å². The Labute approximate surface area is 166 Å². The van der Waals surface area contributed by atoms with Gasteiger partial charge in [-0.3, -0.25) is 0 Å². The third-order valence-electron chi connectivity index (χ3n) is 5.37. The first kappa shape index (κ1) is 21.0. The van der Waals surface area contributed by atoms with Crippen LogP contribution in [0.25, 0.3) is 0 Å². The van der Waals surface area contributed by atoms with E-state index in [1.54, 1.807) is 0 Å². The summed E-state index contributed by atoms with van der Waals surface area (Å²) in [6.45, 7) is 1.03. The summed E-state index contributed by atoms with van der Waals surface area (Å²) in [6, 6.07) is 13.1. The summed E-state index contributed by atoms with van der Waals surface area (Å²) in [4.78, 5) is 12.6. The molecule has 156 valence electrons. The second kappa shape index (κ2) is 8.32. The molecule has 0 radical (unpaired) electrons. The minimum Gasteiger partial charge on any atom is -0.465 e. The molecule has 8 heteroatoms. The second-order valence-corrected chi connectivity index (χ2v) is 7.37. The summed E-state index contributed by atoms with van der Waals surface area (Å²) in [5.74, 6) is 0. The van der Waals surface area contributed by atoms with Crippen LogP contribution in [0.5, 0.6) is 0 Å². The van der Waals surface area contributed by atoms with Gasteiger partial charge in [0.25, 0.3) is 0 Å². The molecule has 2 aromatic rings. The third kappa shape index (κ3) is 5.00. The number of nitrogen functional groups attached to an aromatic ring is 1. The lowest BCUT2D eigenvalue weighted by Crippen LogP contribution is -2.46. The first-order chi connectivity index (χ1) is 13.7. The van der Waals surface area contributed by atoms with Crippen molar-refractivity contribution in [2.75, 3.05) is 25.4 Å². The molecule has 1 saturated heterocycles. The number of carbonyl (C=O) groups is 1. The molecular weight excluding hydrogens is 385 g/mol. The molecule has 0 bridgehead atoms. The molecule has 0 atom stereocenters. The Hall–Kier alpha value is -2.74. The molecule has 1 amide bonds. The predicted molar refractivity (Wildman–Crippen MR) is 102 cm³/mol. The Bertz CT molecular complexity index is 848. The molecule has 0 saturated carbocycles. The average Bonchev–Trinajstić information content (AvgIpc) is 2.68. The Morgan fingerprint density at radius 3 is 2.38 bits per heavy atom. The molecule has 1 fully saturated rings. The van der Waals surface area contributed by atoms with E-state index < -0.39 is 17.8 Å². The number of amides is 1. The average molecular weight is 408 g/mol. The van der Waals surface area contributed by atoms with Crippen molar-refractivity contribution in [3.63, 3.8) is 0 Å². The van der Waals surface area contributed by atoms with E-state index in [1.807, 2.05) is 30.3 Å². The van der Waals surface area contributed by atoms with Crippen molar-refractivity contribution in [3.8, 4) is 0 Å². The first-order valence-corrected chi connectivity index (χ1v) is 9.27. The summed E-state index contributed by atoms with van der Waals surface area (Å²) in [7, 11) is 0. The van der Waals surface area contributed by atoms with Gasteiger partial charge in [-0.15, -0.1) is 0 Å². The van der Waals surface area contributed by atoms with Crippen LogP contribution >= 0.6 is 0 Å². The fourth-order valence-electron chi connectivity index (χ4n) is 3.76. The Kier molecular flexibility index (Phi) is 6.02. The van der Waals surface area contributed by atoms with E-state index >= 15 is 0 Å². The van der Waals surface area contributed by atoms with Crippen molar-refractivity contribution < 1.29 is 27.8 Å². The van der Waals surface area contributed by atoms with Gasteiger partial charge in [-0.1, -0.05) is 30.3 Å². The number of alkyl halides is 3. The zero-order chi connectivity index (χ0) is 21.1. The van der Waals surface area contributed by atoms with E-state index in [-0.39, 0.29) is 24.3 Å². The maximum Gasteiger partial charge on any atom is 0.416 e. The van der Waals surface area contributed by atoms with Crippen molar-refractivity contribution in [2.45, 2.75) is 31.0 Å². The molecule has 3 rings (SSSR count). The van der Waals surface area contributed by atoms with Crippen LogP contribution in [0, 0.1) is 0 Å². The number of piperidine rings is 1. The van der Waals surface area contributed by atoms with Crippen molar-refractivity contribution in [1.29, 1.82) is 0 Å². The van der Waals surface area contributed by atoms with E-state index in [0.29, 0.717) is 31.5 Å². The van der Waals surface area contributed by atoms with Gasteiger partial charge in [0.2, 0.25) is 0 Å². The lowest BCUT2D eigenvalue weighted by atomic mass is 9.73. The molecule has 2 aromatic carbocycles. The molecule has 0 aliphatic carbocycles. The van der Waals surface area contributed by atoms with Crippen LogP contribution in [0.2, 0.25) is 0 Å². The number of nitrogens with zero attached hydrogens (tertiary/aromatic N) is 1. The van der Waals surface area contributed by atoms with E-state index in [9.17, 15) is 23.1 Å². The van der Waals surface area contributed by atoms with Gasteiger partial charge in [0.1, 0.15) is 0 Å². The van der Waals surface area contributed by atoms with Crippen LogP contribution in [0.4, 0.5) is 23.7 Å². The van der Waals surface area contributed by atoms with Crippen LogP contribution in [-0.4, -0.2) is 35.8 Å². The third-order valence-corrected chi connectivity index (χ3v) is 5.37. The van der Waals surface area contributed by atoms with Gasteiger partial charge in [0, 0.05) is 24.2 Å². The second-order valence-electron chi connectivity index (χ2n) is 7.37. The van der Waals surface area contributed by atoms with Crippen LogP contribution in [-0.2, 0) is 22.9 Å². The van der Waals surface area contributed by atoms with E-state index in [0.717, 1.165) is 17.7 Å². The number of hydrogen-bond acceptors (Lipinski definition) is 3. The van der Waals surface area contributed by atoms with Gasteiger partial charge >= 0.3 is 12.3 Å². The first-order valence-electron chi connectivity index (χ1n) is 9.27. The highest BCUT2D eigenvalue weighted by atomic mass is 19.4. The molecule has 1 heterocycles.